The molecule has 6 unspecified atom stereocenters. The normalized spacial score (nSPS) is 19.6. The van der Waals surface area contributed by atoms with Gasteiger partial charge in [0, 0.05) is 0 Å². The summed E-state index contributed by atoms with van der Waals surface area (Å²) in [6.45, 7) is 0.588. The fourth-order valence-corrected chi connectivity index (χ4v) is 4.18. The van der Waals surface area contributed by atoms with Crippen LogP contribution in [-0.4, -0.2) is 131 Å². The van der Waals surface area contributed by atoms with Crippen molar-refractivity contribution in [2.24, 2.45) is 0 Å². The molecule has 0 fully saturated rings. The predicted molar refractivity (Wildman–Crippen MR) is 113 cm³/mol. The van der Waals surface area contributed by atoms with E-state index in [-0.39, 0.29) is 107 Å². The van der Waals surface area contributed by atoms with Crippen LogP contribution in [0.25, 0.3) is 0 Å². The molecule has 0 heterocycles. The van der Waals surface area contributed by atoms with Crippen LogP contribution in [0.4, 0.5) is 0 Å². The summed E-state index contributed by atoms with van der Waals surface area (Å²) in [7, 11) is -34.0. The zero-order chi connectivity index (χ0) is 28.5. The molecule has 0 saturated heterocycles. The Hall–Kier alpha value is 2.79. The maximum Gasteiger partial charge on any atom is 3.00 e. The summed E-state index contributed by atoms with van der Waals surface area (Å²) < 4.78 is 60.2. The molecule has 0 aliphatic heterocycles. The topological polar surface area (TPSA) is 521 Å². The van der Waals surface area contributed by atoms with Gasteiger partial charge in [-0.3, -0.25) is 0 Å². The molecule has 0 aromatic rings. The van der Waals surface area contributed by atoms with E-state index in [1.807, 2.05) is 0 Å². The monoisotopic (exact) mass is 768 g/mol. The Labute approximate surface area is 267 Å². The smallest absolute Gasteiger partial charge is 0.870 e. The fraction of sp³-hybridized carbons (Fsp3) is 1.00. The third-order valence-corrected chi connectivity index (χ3v) is 14.0. The van der Waals surface area contributed by atoms with Crippen molar-refractivity contribution in [3.8, 4) is 0 Å². The second-order valence-corrected chi connectivity index (χ2v) is 18.4. The van der Waals surface area contributed by atoms with E-state index in [4.69, 9.17) is 30.0 Å². The Bertz CT molecular complexity index is 765. The zero-order valence-electron chi connectivity index (χ0n) is 19.6. The van der Waals surface area contributed by atoms with Crippen molar-refractivity contribution in [3.05, 3.63) is 0 Å². The second-order valence-electron chi connectivity index (χ2n) is 5.97. The van der Waals surface area contributed by atoms with E-state index in [1.54, 1.807) is 0 Å². The van der Waals surface area contributed by atoms with E-state index in [1.165, 1.54) is 0 Å². The first-order valence-corrected chi connectivity index (χ1v) is 16.2. The van der Waals surface area contributed by atoms with Gasteiger partial charge in [-0.15, -0.1) is 0 Å². The van der Waals surface area contributed by atoms with Crippen molar-refractivity contribution in [1.29, 1.82) is 0 Å². The molecule has 0 saturated carbocycles. The third-order valence-electron chi connectivity index (χ3n) is 3.16. The van der Waals surface area contributed by atoms with Gasteiger partial charge in [0.2, 0.25) is 0 Å². The Kier molecular flexibility index (Phi) is 37.5. The van der Waals surface area contributed by atoms with E-state index in [0.29, 0.717) is 0 Å². The minimum atomic E-state index is -5.76. The average Bonchev–Trinajstić information content (AvgIpc) is 2.41. The maximum atomic E-state index is 10.1. The zero-order valence-corrected chi connectivity index (χ0v) is 29.6. The molecule has 6 atom stereocenters. The van der Waals surface area contributed by atoms with E-state index in [9.17, 15) is 71.4 Å². The van der Waals surface area contributed by atoms with Crippen LogP contribution in [0.1, 0.15) is 20.8 Å². The molecule has 0 amide bonds. The molecule has 0 bridgehead atoms. The van der Waals surface area contributed by atoms with Gasteiger partial charge in [-0.1, -0.05) is 0 Å². The van der Waals surface area contributed by atoms with Crippen molar-refractivity contribution in [2.75, 3.05) is 0 Å². The van der Waals surface area contributed by atoms with Gasteiger partial charge >= 0.3 is 69.4 Å². The molecular weight excluding hydrogens is 750 g/mol. The van der Waals surface area contributed by atoms with Crippen LogP contribution in [0.2, 0.25) is 0 Å². The summed E-state index contributed by atoms with van der Waals surface area (Å²) in [5.74, 6) is 0. The quantitative estimate of drug-likeness (QED) is 0.108. The second kappa shape index (κ2) is 21.6. The molecular formula is C6H18Al4O24P6. The van der Waals surface area contributed by atoms with Gasteiger partial charge in [0.15, 0.2) is 38.0 Å². The largest absolute Gasteiger partial charge is 3.00 e. The van der Waals surface area contributed by atoms with Gasteiger partial charge in [0.05, 0.1) is 0 Å². The average molecular weight is 768 g/mol. The molecule has 0 radical (unpaired) electrons. The standard InChI is InChI=1S/3C2H8O7P2.4Al.3H2O/c3*1-2(3,10(4,5)6)11(7,8)9;;;;;;;/h3*3H,1H3,(H2,4,5,6)(H2,7,8,9);;;;;3*1H2/q;;;4*+3;;;/p-12. The van der Waals surface area contributed by atoms with Crippen molar-refractivity contribution in [1.82, 2.24) is 0 Å². The minimum Gasteiger partial charge on any atom is -0.870 e. The van der Waals surface area contributed by atoms with Crippen molar-refractivity contribution in [2.45, 2.75) is 36.0 Å². The van der Waals surface area contributed by atoms with Gasteiger partial charge in [-0.05, 0) is 43.6 Å². The van der Waals surface area contributed by atoms with Crippen LogP contribution >= 0.6 is 45.6 Å². The van der Waals surface area contributed by atoms with Crippen LogP contribution in [0.5, 0.6) is 0 Å². The van der Waals surface area contributed by atoms with Gasteiger partial charge in [0.1, 0.15) is 0 Å². The Morgan fingerprint density at radius 3 is 0.475 bits per heavy atom. The molecule has 0 spiro atoms. The van der Waals surface area contributed by atoms with Crippen LogP contribution < -0.4 is 44.0 Å². The van der Waals surface area contributed by atoms with E-state index in [0.717, 1.165) is 0 Å². The molecule has 24 nitrogen and oxygen atoms in total. The molecule has 0 aliphatic rings. The van der Waals surface area contributed by atoms with Crippen molar-refractivity contribution >= 4 is 115 Å². The fourth-order valence-electron chi connectivity index (χ4n) is 0.464. The summed E-state index contributed by atoms with van der Waals surface area (Å²) in [5, 5.41) is 14.5. The first kappa shape index (κ1) is 69.5. The van der Waals surface area contributed by atoms with Crippen molar-refractivity contribution in [3.63, 3.8) is 0 Å². The summed E-state index contributed by atoms with van der Waals surface area (Å²) in [6, 6.07) is 0. The number of aliphatic hydroxyl groups is 3. The molecule has 228 valence electrons. The van der Waals surface area contributed by atoms with Gasteiger partial charge in [-0.2, -0.15) is 0 Å². The van der Waals surface area contributed by atoms with Gasteiger partial charge in [0.25, 0.3) is 0 Å². The molecule has 0 aliphatic carbocycles. The van der Waals surface area contributed by atoms with Crippen LogP contribution in [0.15, 0.2) is 0 Å². The molecule has 0 rings (SSSR count). The van der Waals surface area contributed by atoms with E-state index >= 15 is 0 Å². The number of hydrogen-bond donors (Lipinski definition) is 6. The minimum absolute atomic E-state index is 0. The van der Waals surface area contributed by atoms with Crippen molar-refractivity contribution < 1.29 is 118 Å². The maximum absolute atomic E-state index is 10.1. The molecule has 9 N–H and O–H groups in total. The first-order valence-electron chi connectivity index (χ1n) is 6.85. The summed E-state index contributed by atoms with van der Waals surface area (Å²) >= 11 is 0. The predicted octanol–water partition coefficient (Wildman–Crippen LogP) is -10.7. The molecule has 40 heavy (non-hydrogen) atoms. The SMILES string of the molecule is CC(O)(P(=O)([O-])[O-])P(=O)([O-])O.CC(O)(P(=O)([O-])[O-])P(=O)([O-])O.CC(O)(P(=O)([O-])[O-])P(=O)([O-])O.[Al+3].[Al+3].[Al+3].[Al+3].[OH-].[OH-].[OH-]. The molecule has 34 heteroatoms. The van der Waals surface area contributed by atoms with Gasteiger partial charge in [-0.25, -0.2) is 0 Å². The van der Waals surface area contributed by atoms with Crippen LogP contribution in [0.3, 0.4) is 0 Å². The Balaban J connectivity index is -0.0000000388. The number of hydrogen-bond acceptors (Lipinski definition) is 21. The van der Waals surface area contributed by atoms with Crippen LogP contribution in [-0.2, 0) is 27.4 Å². The summed E-state index contributed by atoms with van der Waals surface area (Å²) in [5.41, 5.74) is 0. The summed E-state index contributed by atoms with van der Waals surface area (Å²) in [4.78, 5) is 114. The summed E-state index contributed by atoms with van der Waals surface area (Å²) in [6.07, 6.45) is 0. The Morgan fingerprint density at radius 1 is 0.400 bits per heavy atom. The van der Waals surface area contributed by atoms with Crippen LogP contribution in [0, 0.1) is 0 Å². The number of rotatable bonds is 6. The van der Waals surface area contributed by atoms with E-state index in [2.05, 4.69) is 0 Å². The first-order chi connectivity index (χ1) is 13.5. The third kappa shape index (κ3) is 20.0. The van der Waals surface area contributed by atoms with Gasteiger partial charge < -0.3 is 118 Å². The van der Waals surface area contributed by atoms with E-state index < -0.39 is 60.8 Å². The Morgan fingerprint density at radius 2 is 0.475 bits per heavy atom. The molecule has 0 aromatic carbocycles. The molecule has 0 aromatic heterocycles.